The number of rotatable bonds is 7. The highest BCUT2D eigenvalue weighted by Crippen LogP contribution is 2.25. The maximum Gasteiger partial charge on any atom is 0.405 e. The molecule has 0 radical (unpaired) electrons. The van der Waals surface area contributed by atoms with E-state index in [4.69, 9.17) is 0 Å². The van der Waals surface area contributed by atoms with Crippen LogP contribution >= 0.6 is 0 Å². The summed E-state index contributed by atoms with van der Waals surface area (Å²) in [6, 6.07) is 7.58. The lowest BCUT2D eigenvalue weighted by atomic mass is 10.1. The Hall–Kier alpha value is -1.23. The van der Waals surface area contributed by atoms with Crippen molar-refractivity contribution < 1.29 is 13.2 Å². The van der Waals surface area contributed by atoms with Crippen LogP contribution in [0.15, 0.2) is 24.3 Å². The number of alkyl halides is 3. The molecule has 5 heteroatoms. The second-order valence-electron chi connectivity index (χ2n) is 5.20. The maximum absolute atomic E-state index is 12.7. The van der Waals surface area contributed by atoms with Gasteiger partial charge in [-0.2, -0.15) is 13.2 Å². The van der Waals surface area contributed by atoms with E-state index in [0.717, 1.165) is 5.56 Å². The number of anilines is 1. The lowest BCUT2D eigenvalue weighted by Crippen LogP contribution is -2.36. The molecule has 0 saturated carbocycles. The summed E-state index contributed by atoms with van der Waals surface area (Å²) in [4.78, 5) is 1.41. The van der Waals surface area contributed by atoms with Gasteiger partial charge in [0.1, 0.15) is 6.54 Å². The molecule has 2 nitrogen and oxygen atoms in total. The number of hydrogen-bond donors (Lipinski definition) is 1. The Morgan fingerprint density at radius 3 is 2.40 bits per heavy atom. The molecule has 114 valence electrons. The average Bonchev–Trinajstić information content (AvgIpc) is 2.34. The molecule has 0 aliphatic carbocycles. The van der Waals surface area contributed by atoms with Crippen molar-refractivity contribution in [3.8, 4) is 0 Å². The average molecular weight is 288 g/mol. The van der Waals surface area contributed by atoms with Crippen molar-refractivity contribution in [2.45, 2.75) is 46.0 Å². The fourth-order valence-electron chi connectivity index (χ4n) is 2.05. The SMILES string of the molecule is CCCN(CC(F)(F)F)c1ccccc1CNC(C)C. The molecule has 0 saturated heterocycles. The van der Waals surface area contributed by atoms with E-state index in [1.165, 1.54) is 4.90 Å². The number of hydrogen-bond acceptors (Lipinski definition) is 2. The summed E-state index contributed by atoms with van der Waals surface area (Å²) < 4.78 is 38.1. The largest absolute Gasteiger partial charge is 0.405 e. The third kappa shape index (κ3) is 5.82. The first-order valence-corrected chi connectivity index (χ1v) is 6.96. The highest BCUT2D eigenvalue weighted by atomic mass is 19.4. The second kappa shape index (κ2) is 7.53. The third-order valence-corrected chi connectivity index (χ3v) is 2.90. The van der Waals surface area contributed by atoms with Crippen LogP contribution in [0.5, 0.6) is 0 Å². The molecule has 1 aromatic rings. The number of para-hydroxylation sites is 1. The second-order valence-corrected chi connectivity index (χ2v) is 5.20. The van der Waals surface area contributed by atoms with E-state index >= 15 is 0 Å². The summed E-state index contributed by atoms with van der Waals surface area (Å²) in [6.45, 7) is 5.99. The highest BCUT2D eigenvalue weighted by Gasteiger charge is 2.31. The lowest BCUT2D eigenvalue weighted by Gasteiger charge is -2.28. The number of nitrogens with zero attached hydrogens (tertiary/aromatic N) is 1. The van der Waals surface area contributed by atoms with Crippen LogP contribution in [0.25, 0.3) is 0 Å². The first-order chi connectivity index (χ1) is 9.33. The number of nitrogens with one attached hydrogen (secondary N) is 1. The molecule has 1 N–H and O–H groups in total. The molecule has 1 rings (SSSR count). The normalized spacial score (nSPS) is 11.9. The molecule has 0 atom stereocenters. The van der Waals surface area contributed by atoms with Gasteiger partial charge < -0.3 is 10.2 Å². The number of halogens is 3. The minimum atomic E-state index is -4.19. The summed E-state index contributed by atoms with van der Waals surface area (Å²) in [7, 11) is 0. The Morgan fingerprint density at radius 2 is 1.85 bits per heavy atom. The summed E-state index contributed by atoms with van der Waals surface area (Å²) in [5.41, 5.74) is 1.57. The maximum atomic E-state index is 12.7. The van der Waals surface area contributed by atoms with Crippen LogP contribution in [-0.4, -0.2) is 25.3 Å². The van der Waals surface area contributed by atoms with Crippen molar-refractivity contribution in [1.82, 2.24) is 5.32 Å². The van der Waals surface area contributed by atoms with Gasteiger partial charge in [-0.1, -0.05) is 39.0 Å². The van der Waals surface area contributed by atoms with Crippen LogP contribution in [0.3, 0.4) is 0 Å². The van der Waals surface area contributed by atoms with E-state index < -0.39 is 12.7 Å². The van der Waals surface area contributed by atoms with Crippen molar-refractivity contribution in [2.24, 2.45) is 0 Å². The number of benzene rings is 1. The van der Waals surface area contributed by atoms with Crippen molar-refractivity contribution in [2.75, 3.05) is 18.0 Å². The summed E-state index contributed by atoms with van der Waals surface area (Å²) in [5.74, 6) is 0. The smallest absolute Gasteiger partial charge is 0.362 e. The fourth-order valence-corrected chi connectivity index (χ4v) is 2.05. The molecule has 0 amide bonds. The Morgan fingerprint density at radius 1 is 1.20 bits per heavy atom. The molecule has 0 bridgehead atoms. The van der Waals surface area contributed by atoms with E-state index in [1.54, 1.807) is 12.1 Å². The van der Waals surface area contributed by atoms with Crippen molar-refractivity contribution >= 4 is 5.69 Å². The van der Waals surface area contributed by atoms with E-state index in [0.29, 0.717) is 31.2 Å². The molecule has 0 unspecified atom stereocenters. The van der Waals surface area contributed by atoms with Gasteiger partial charge in [0.15, 0.2) is 0 Å². The van der Waals surface area contributed by atoms with Gasteiger partial charge >= 0.3 is 6.18 Å². The molecule has 0 spiro atoms. The molecule has 1 aromatic carbocycles. The molecule has 20 heavy (non-hydrogen) atoms. The van der Waals surface area contributed by atoms with Gasteiger partial charge in [-0.25, -0.2) is 0 Å². The van der Waals surface area contributed by atoms with Gasteiger partial charge in [-0.15, -0.1) is 0 Å². The first kappa shape index (κ1) is 16.8. The molecule has 0 fully saturated rings. The molecular formula is C15H23F3N2. The summed E-state index contributed by atoms with van der Waals surface area (Å²) >= 11 is 0. The van der Waals surface area contributed by atoms with E-state index in [-0.39, 0.29) is 0 Å². The topological polar surface area (TPSA) is 15.3 Å². The molecular weight excluding hydrogens is 265 g/mol. The molecule has 0 heterocycles. The van der Waals surface area contributed by atoms with Gasteiger partial charge in [-0.3, -0.25) is 0 Å². The summed E-state index contributed by atoms with van der Waals surface area (Å²) in [5, 5.41) is 3.25. The fraction of sp³-hybridized carbons (Fsp3) is 0.600. The van der Waals surface area contributed by atoms with Crippen LogP contribution in [-0.2, 0) is 6.54 Å². The predicted molar refractivity (Wildman–Crippen MR) is 77.0 cm³/mol. The minimum Gasteiger partial charge on any atom is -0.362 e. The van der Waals surface area contributed by atoms with Gasteiger partial charge in [-0.05, 0) is 18.1 Å². The lowest BCUT2D eigenvalue weighted by molar-refractivity contribution is -0.119. The monoisotopic (exact) mass is 288 g/mol. The zero-order chi connectivity index (χ0) is 15.2. The zero-order valence-electron chi connectivity index (χ0n) is 12.3. The minimum absolute atomic E-state index is 0.297. The highest BCUT2D eigenvalue weighted by molar-refractivity contribution is 5.53. The van der Waals surface area contributed by atoms with Gasteiger partial charge in [0.05, 0.1) is 0 Å². The quantitative estimate of drug-likeness (QED) is 0.817. The van der Waals surface area contributed by atoms with Gasteiger partial charge in [0.2, 0.25) is 0 Å². The molecule has 0 aromatic heterocycles. The molecule has 0 aliphatic heterocycles. The van der Waals surface area contributed by atoms with Crippen molar-refractivity contribution in [1.29, 1.82) is 0 Å². The first-order valence-electron chi connectivity index (χ1n) is 6.96. The van der Waals surface area contributed by atoms with Crippen LogP contribution in [0.2, 0.25) is 0 Å². The van der Waals surface area contributed by atoms with Crippen molar-refractivity contribution in [3.63, 3.8) is 0 Å². The Kier molecular flexibility index (Phi) is 6.33. The van der Waals surface area contributed by atoms with Crippen LogP contribution in [0.1, 0.15) is 32.8 Å². The Balaban J connectivity index is 2.94. The van der Waals surface area contributed by atoms with Gasteiger partial charge in [0, 0.05) is 24.8 Å². The Labute approximate surface area is 119 Å². The summed E-state index contributed by atoms with van der Waals surface area (Å²) in [6.07, 6.45) is -3.50. The van der Waals surface area contributed by atoms with E-state index in [9.17, 15) is 13.2 Å². The van der Waals surface area contributed by atoms with Crippen LogP contribution in [0, 0.1) is 0 Å². The molecule has 0 aliphatic rings. The predicted octanol–water partition coefficient (Wildman–Crippen LogP) is 3.96. The van der Waals surface area contributed by atoms with E-state index in [1.807, 2.05) is 32.9 Å². The third-order valence-electron chi connectivity index (χ3n) is 2.90. The standard InChI is InChI=1S/C15H23F3N2/c1-4-9-20(11-15(16,17)18)14-8-6-5-7-13(14)10-19-12(2)3/h5-8,12,19H,4,9-11H2,1-3H3. The van der Waals surface area contributed by atoms with Crippen molar-refractivity contribution in [3.05, 3.63) is 29.8 Å². The van der Waals surface area contributed by atoms with Gasteiger partial charge in [0.25, 0.3) is 0 Å². The Bertz CT molecular complexity index is 402. The van der Waals surface area contributed by atoms with Crippen LogP contribution in [0.4, 0.5) is 18.9 Å². The zero-order valence-corrected chi connectivity index (χ0v) is 12.3. The van der Waals surface area contributed by atoms with Crippen LogP contribution < -0.4 is 10.2 Å². The van der Waals surface area contributed by atoms with E-state index in [2.05, 4.69) is 5.32 Å².